The van der Waals surface area contributed by atoms with Crippen molar-refractivity contribution in [1.82, 2.24) is 14.9 Å². The summed E-state index contributed by atoms with van der Waals surface area (Å²) in [5, 5.41) is 16.0. The number of urea groups is 1. The first-order valence-electron chi connectivity index (χ1n) is 11.3. The number of pyridine rings is 1. The minimum absolute atomic E-state index is 0.0829. The van der Waals surface area contributed by atoms with Gasteiger partial charge in [-0.25, -0.2) is 28.0 Å². The van der Waals surface area contributed by atoms with Crippen LogP contribution in [0.25, 0.3) is 0 Å². The van der Waals surface area contributed by atoms with E-state index < -0.39 is 46.8 Å². The van der Waals surface area contributed by atoms with Gasteiger partial charge in [0.15, 0.2) is 16.5 Å². The Labute approximate surface area is 214 Å². The van der Waals surface area contributed by atoms with E-state index in [9.17, 15) is 22.5 Å². The molecule has 1 saturated heterocycles. The molecule has 1 unspecified atom stereocenters. The number of hydrazone groups is 1. The van der Waals surface area contributed by atoms with Crippen molar-refractivity contribution in [3.8, 4) is 5.75 Å². The second kappa shape index (κ2) is 10.8. The van der Waals surface area contributed by atoms with Crippen LogP contribution in [0.3, 0.4) is 0 Å². The lowest BCUT2D eigenvalue weighted by atomic mass is 10.0. The van der Waals surface area contributed by atoms with Gasteiger partial charge in [0.05, 0.1) is 36.7 Å². The molecule has 0 spiro atoms. The second-order valence-electron chi connectivity index (χ2n) is 8.68. The Kier molecular flexibility index (Phi) is 7.73. The number of carbonyl (C=O) groups is 1. The first kappa shape index (κ1) is 26.5. The summed E-state index contributed by atoms with van der Waals surface area (Å²) in [6, 6.07) is 3.36. The maximum absolute atomic E-state index is 14.4. The smallest absolute Gasteiger partial charge is 0.341 e. The number of amides is 2. The fourth-order valence-electron chi connectivity index (χ4n) is 4.18. The topological polar surface area (TPSA) is 117 Å². The molecule has 1 aromatic carbocycles. The van der Waals surface area contributed by atoms with Gasteiger partial charge in [0.1, 0.15) is 29.8 Å². The number of anilines is 1. The van der Waals surface area contributed by atoms with Gasteiger partial charge in [0, 0.05) is 24.8 Å². The van der Waals surface area contributed by atoms with E-state index >= 15 is 0 Å². The van der Waals surface area contributed by atoms with Gasteiger partial charge < -0.3 is 24.9 Å². The highest BCUT2D eigenvalue weighted by Crippen LogP contribution is 2.32. The van der Waals surface area contributed by atoms with Crippen LogP contribution in [0.4, 0.5) is 23.8 Å². The number of rotatable bonds is 7. The van der Waals surface area contributed by atoms with E-state index in [0.29, 0.717) is 22.6 Å². The lowest BCUT2D eigenvalue weighted by molar-refractivity contribution is 0.0256. The van der Waals surface area contributed by atoms with Crippen LogP contribution >= 0.6 is 0 Å². The average Bonchev–Trinajstić information content (AvgIpc) is 3.26. The highest BCUT2D eigenvalue weighted by Gasteiger charge is 2.39. The first-order valence-corrected chi connectivity index (χ1v) is 12.8. The van der Waals surface area contributed by atoms with Crippen LogP contribution in [-0.4, -0.2) is 62.9 Å². The van der Waals surface area contributed by atoms with Gasteiger partial charge in [-0.05, 0) is 42.7 Å². The number of hydrogen-bond acceptors (Lipinski definition) is 7. The number of benzene rings is 1. The number of nitrogens with zero attached hydrogens (tertiary/aromatic N) is 4. The van der Waals surface area contributed by atoms with E-state index in [1.807, 2.05) is 0 Å². The molecule has 4 rings (SSSR count). The normalized spacial score (nSPS) is 18.8. The number of ether oxygens (including phenoxy) is 1. The Morgan fingerprint density at radius 3 is 2.49 bits per heavy atom. The van der Waals surface area contributed by atoms with E-state index in [1.54, 1.807) is 6.92 Å². The largest absolute Gasteiger partial charge is 0.612 e. The molecule has 2 atom stereocenters. The minimum atomic E-state index is -1.40. The highest BCUT2D eigenvalue weighted by atomic mass is 32.2. The van der Waals surface area contributed by atoms with Crippen LogP contribution in [0.15, 0.2) is 46.2 Å². The number of hydrogen-bond donors (Lipinski definition) is 2. The molecule has 0 saturated carbocycles. The molecule has 2 amide bonds. The Balaban J connectivity index is 1.39. The summed E-state index contributed by atoms with van der Waals surface area (Å²) in [7, 11) is 0. The molecular formula is C24H25F3N6O3S. The predicted octanol–water partition coefficient (Wildman–Crippen LogP) is 4.18. The molecule has 9 nitrogen and oxygen atoms in total. The quantitative estimate of drug-likeness (QED) is 0.408. The summed E-state index contributed by atoms with van der Waals surface area (Å²) >= 11 is -1.40. The van der Waals surface area contributed by atoms with Crippen LogP contribution in [-0.2, 0) is 11.2 Å². The van der Waals surface area contributed by atoms with E-state index in [2.05, 4.69) is 15.4 Å². The molecule has 0 radical (unpaired) electrons. The third-order valence-electron chi connectivity index (χ3n) is 5.81. The van der Waals surface area contributed by atoms with Gasteiger partial charge in [0.2, 0.25) is 0 Å². The molecule has 0 aliphatic carbocycles. The molecule has 1 aromatic heterocycles. The Morgan fingerprint density at radius 1 is 1.19 bits per heavy atom. The fraction of sp³-hybridized carbons (Fsp3) is 0.333. The van der Waals surface area contributed by atoms with Crippen molar-refractivity contribution >= 4 is 35.0 Å². The maximum Gasteiger partial charge on any atom is 0.341 e. The molecule has 2 aliphatic rings. The zero-order valence-electron chi connectivity index (χ0n) is 20.3. The molecule has 3 heterocycles. The van der Waals surface area contributed by atoms with Crippen LogP contribution in [0, 0.1) is 22.9 Å². The number of nitrogens with one attached hydrogen (secondary N) is 2. The van der Waals surface area contributed by atoms with Crippen molar-refractivity contribution in [1.29, 1.82) is 5.41 Å². The Hall–Kier alpha value is -3.58. The second-order valence-corrected chi connectivity index (χ2v) is 10.00. The van der Waals surface area contributed by atoms with E-state index in [4.69, 9.17) is 10.1 Å². The molecule has 2 aromatic rings. The fourth-order valence-corrected chi connectivity index (χ4v) is 5.09. The van der Waals surface area contributed by atoms with Gasteiger partial charge >= 0.3 is 6.03 Å². The summed E-state index contributed by atoms with van der Waals surface area (Å²) in [5.74, 6) is -2.02. The van der Waals surface area contributed by atoms with Crippen molar-refractivity contribution in [2.24, 2.45) is 5.10 Å². The van der Waals surface area contributed by atoms with Crippen LogP contribution in [0.2, 0.25) is 0 Å². The molecule has 1 fully saturated rings. The average molecular weight is 535 g/mol. The highest BCUT2D eigenvalue weighted by molar-refractivity contribution is 7.95. The minimum Gasteiger partial charge on any atom is -0.612 e. The summed E-state index contributed by atoms with van der Waals surface area (Å²) in [4.78, 5) is 18.7. The third-order valence-corrected chi connectivity index (χ3v) is 7.00. The third kappa shape index (κ3) is 5.88. The number of halogens is 3. The zero-order valence-corrected chi connectivity index (χ0v) is 21.1. The van der Waals surface area contributed by atoms with Gasteiger partial charge in [-0.1, -0.05) is 0 Å². The number of aromatic nitrogens is 1. The molecular weight excluding hydrogens is 509 g/mol. The van der Waals surface area contributed by atoms with Crippen molar-refractivity contribution in [2.45, 2.75) is 32.4 Å². The Morgan fingerprint density at radius 2 is 1.86 bits per heavy atom. The van der Waals surface area contributed by atoms with Gasteiger partial charge in [0.25, 0.3) is 0 Å². The number of allylic oxidation sites excluding steroid dienone is 2. The van der Waals surface area contributed by atoms with Gasteiger partial charge in [-0.3, -0.25) is 0 Å². The molecule has 2 aliphatic heterocycles. The summed E-state index contributed by atoms with van der Waals surface area (Å²) in [6.07, 6.45) is 3.77. The molecule has 37 heavy (non-hydrogen) atoms. The standard InChI is InChI=1S/C24H25F3N6O3S/c1-13(28)23(37(3)35)14(2)31-22-9-21(19(27)10-29-22)36-18-11-32(12-18)24(34)33-20(4-5-30-33)15-6-16(25)8-17(26)7-15/h5-10,18,20,28H,4,11-12H2,1-3H3,(H,29,31)/b23-14+,28-13?/t20-,37?/m0/s1. The summed E-state index contributed by atoms with van der Waals surface area (Å²) in [5.41, 5.74) is 0.877. The Bertz CT molecular complexity index is 1260. The van der Waals surface area contributed by atoms with Gasteiger partial charge in [-0.2, -0.15) is 5.10 Å². The van der Waals surface area contributed by atoms with E-state index in [0.717, 1.165) is 12.3 Å². The number of likely N-dealkylation sites (tertiary alicyclic amines) is 1. The predicted molar refractivity (Wildman–Crippen MR) is 133 cm³/mol. The summed E-state index contributed by atoms with van der Waals surface area (Å²) < 4.78 is 59.4. The first-order chi connectivity index (χ1) is 17.5. The van der Waals surface area contributed by atoms with Crippen molar-refractivity contribution in [3.63, 3.8) is 0 Å². The van der Waals surface area contributed by atoms with Crippen molar-refractivity contribution < 1.29 is 27.3 Å². The molecule has 0 bridgehead atoms. The SMILES string of the molecule is CC(=N)/C(=C(/C)Nc1cc(OC2CN(C(=O)N3N=CC[C@H]3c3cc(F)cc(F)c3)C2)c(F)cn1)[S+](C)[O-]. The molecule has 13 heteroatoms. The van der Waals surface area contributed by atoms with Crippen molar-refractivity contribution in [2.75, 3.05) is 24.7 Å². The lowest BCUT2D eigenvalue weighted by Gasteiger charge is -2.41. The summed E-state index contributed by atoms with van der Waals surface area (Å²) in [6.45, 7) is 3.47. The van der Waals surface area contributed by atoms with Crippen molar-refractivity contribution in [3.05, 3.63) is 64.1 Å². The van der Waals surface area contributed by atoms with Gasteiger partial charge in [-0.15, -0.1) is 0 Å². The maximum atomic E-state index is 14.4. The zero-order chi connectivity index (χ0) is 26.9. The lowest BCUT2D eigenvalue weighted by Crippen LogP contribution is -2.58. The monoisotopic (exact) mass is 534 g/mol. The van der Waals surface area contributed by atoms with Crippen LogP contribution < -0.4 is 10.1 Å². The van der Waals surface area contributed by atoms with E-state index in [-0.39, 0.29) is 30.4 Å². The van der Waals surface area contributed by atoms with E-state index in [1.165, 1.54) is 47.5 Å². The van der Waals surface area contributed by atoms with Crippen LogP contribution in [0.5, 0.6) is 5.75 Å². The van der Waals surface area contributed by atoms with Crippen LogP contribution in [0.1, 0.15) is 31.9 Å². The molecule has 2 N–H and O–H groups in total. The molecule has 196 valence electrons. The number of carbonyl (C=O) groups excluding carboxylic acids is 1.